The van der Waals surface area contributed by atoms with Crippen LogP contribution < -0.4 is 0 Å². The number of benzene rings is 1. The third-order valence-corrected chi connectivity index (χ3v) is 3.94. The van der Waals surface area contributed by atoms with Gasteiger partial charge in [-0.25, -0.2) is 14.5 Å². The smallest absolute Gasteiger partial charge is 0.416 e. The van der Waals surface area contributed by atoms with Gasteiger partial charge in [0.05, 0.1) is 5.56 Å². The maximum Gasteiger partial charge on any atom is 0.416 e. The summed E-state index contributed by atoms with van der Waals surface area (Å²) in [7, 11) is -10.4. The van der Waals surface area contributed by atoms with Gasteiger partial charge in [0.15, 0.2) is 5.82 Å². The fourth-order valence-electron chi connectivity index (χ4n) is 1.73. The molecule has 0 aliphatic rings. The van der Waals surface area contributed by atoms with Gasteiger partial charge in [0, 0.05) is 17.8 Å². The normalized spacial score (nSPS) is 15.7. The largest absolute Gasteiger partial charge is 0.478 e. The van der Waals surface area contributed by atoms with Gasteiger partial charge in [-0.2, -0.15) is 13.2 Å². The third-order valence-electron chi connectivity index (χ3n) is 2.82. The SMILES string of the molecule is O=C(O)/C=C\n1cnc(-c2cc(C(F)(F)F)cc(S(F)(F)(F)(F)F)c2)n1. The average molecular weight is 409 g/mol. The minimum Gasteiger partial charge on any atom is -0.478 e. The van der Waals surface area contributed by atoms with E-state index in [9.17, 15) is 37.4 Å². The van der Waals surface area contributed by atoms with Crippen molar-refractivity contribution >= 4 is 22.4 Å². The minimum absolute atomic E-state index is 0.174. The lowest BCUT2D eigenvalue weighted by Crippen LogP contribution is -2.11. The van der Waals surface area contributed by atoms with Gasteiger partial charge < -0.3 is 5.11 Å². The third kappa shape index (κ3) is 4.71. The Balaban J connectivity index is 2.65. The van der Waals surface area contributed by atoms with Crippen LogP contribution in [0.5, 0.6) is 0 Å². The van der Waals surface area contributed by atoms with E-state index in [1.54, 1.807) is 0 Å². The molecule has 0 spiro atoms. The van der Waals surface area contributed by atoms with Crippen molar-refractivity contribution in [2.24, 2.45) is 0 Å². The van der Waals surface area contributed by atoms with Crippen LogP contribution in [0.2, 0.25) is 0 Å². The van der Waals surface area contributed by atoms with Crippen LogP contribution in [-0.2, 0) is 11.0 Å². The Labute approximate surface area is 139 Å². The molecule has 2 rings (SSSR count). The number of aliphatic carboxylic acids is 1. The molecule has 144 valence electrons. The second-order valence-corrected chi connectivity index (χ2v) is 7.32. The van der Waals surface area contributed by atoms with Crippen LogP contribution in [0.25, 0.3) is 17.6 Å². The lowest BCUT2D eigenvalue weighted by atomic mass is 10.1. The summed E-state index contributed by atoms with van der Waals surface area (Å²) in [5.41, 5.74) is -2.93. The van der Waals surface area contributed by atoms with E-state index in [4.69, 9.17) is 5.11 Å². The van der Waals surface area contributed by atoms with Crippen LogP contribution in [0.15, 0.2) is 35.5 Å². The first kappa shape index (κ1) is 19.7. The molecule has 0 bridgehead atoms. The predicted molar refractivity (Wildman–Crippen MR) is 74.8 cm³/mol. The molecular weight excluding hydrogens is 402 g/mol. The first-order chi connectivity index (χ1) is 11.5. The van der Waals surface area contributed by atoms with Crippen molar-refractivity contribution in [1.82, 2.24) is 14.8 Å². The Morgan fingerprint density at radius 2 is 1.73 bits per heavy atom. The Hall–Kier alpha value is -2.64. The number of hydrogen-bond donors (Lipinski definition) is 1. The Kier molecular flexibility index (Phi) is 3.92. The van der Waals surface area contributed by atoms with Gasteiger partial charge in [-0.15, -0.1) is 5.10 Å². The number of halogens is 8. The first-order valence-electron chi connectivity index (χ1n) is 6.25. The molecule has 1 heterocycles. The van der Waals surface area contributed by atoms with E-state index in [-0.39, 0.29) is 12.1 Å². The number of aromatic nitrogens is 3. The molecule has 0 atom stereocenters. The van der Waals surface area contributed by atoms with Gasteiger partial charge in [-0.3, -0.25) is 0 Å². The highest BCUT2D eigenvalue weighted by Gasteiger charge is 2.66. The summed E-state index contributed by atoms with van der Waals surface area (Å²) >= 11 is 0. The van der Waals surface area contributed by atoms with Gasteiger partial charge in [-0.1, -0.05) is 19.4 Å². The molecular formula is C12H7F8N3O2S. The predicted octanol–water partition coefficient (Wildman–Crippen LogP) is 5.18. The molecule has 0 saturated heterocycles. The Morgan fingerprint density at radius 1 is 1.12 bits per heavy atom. The van der Waals surface area contributed by atoms with Gasteiger partial charge >= 0.3 is 22.4 Å². The monoisotopic (exact) mass is 409 g/mol. The lowest BCUT2D eigenvalue weighted by molar-refractivity contribution is -0.137. The topological polar surface area (TPSA) is 68.0 Å². The van der Waals surface area contributed by atoms with Crippen LogP contribution >= 0.6 is 10.2 Å². The highest BCUT2D eigenvalue weighted by molar-refractivity contribution is 8.45. The minimum atomic E-state index is -10.4. The van der Waals surface area contributed by atoms with E-state index in [0.29, 0.717) is 10.8 Å². The van der Waals surface area contributed by atoms with Gasteiger partial charge in [0.25, 0.3) is 0 Å². The van der Waals surface area contributed by atoms with E-state index < -0.39 is 50.3 Å². The zero-order valence-electron chi connectivity index (χ0n) is 12.1. The molecule has 0 fully saturated rings. The molecule has 1 aromatic carbocycles. The molecule has 0 radical (unpaired) electrons. The molecule has 0 saturated carbocycles. The number of hydrogen-bond acceptors (Lipinski definition) is 3. The van der Waals surface area contributed by atoms with Crippen molar-refractivity contribution in [2.45, 2.75) is 11.1 Å². The van der Waals surface area contributed by atoms with Gasteiger partial charge in [0.1, 0.15) is 11.2 Å². The zero-order chi connectivity index (χ0) is 20.0. The van der Waals surface area contributed by atoms with E-state index in [1.807, 2.05) is 0 Å². The van der Waals surface area contributed by atoms with Gasteiger partial charge in [0.2, 0.25) is 0 Å². The molecule has 0 unspecified atom stereocenters. The lowest BCUT2D eigenvalue weighted by Gasteiger charge is -2.40. The number of carboxylic acids is 1. The van der Waals surface area contributed by atoms with Crippen LogP contribution in [0.3, 0.4) is 0 Å². The maximum absolute atomic E-state index is 12.9. The van der Waals surface area contributed by atoms with E-state index >= 15 is 0 Å². The highest BCUT2D eigenvalue weighted by Crippen LogP contribution is 3.02. The molecule has 1 N–H and O–H groups in total. The van der Waals surface area contributed by atoms with Crippen molar-refractivity contribution in [2.75, 3.05) is 0 Å². The van der Waals surface area contributed by atoms with Crippen molar-refractivity contribution < 1.29 is 42.5 Å². The summed E-state index contributed by atoms with van der Waals surface area (Å²) in [5, 5.41) is 11.9. The molecule has 14 heteroatoms. The van der Waals surface area contributed by atoms with Crippen LogP contribution in [-0.4, -0.2) is 25.8 Å². The molecule has 5 nitrogen and oxygen atoms in total. The van der Waals surface area contributed by atoms with Crippen molar-refractivity contribution in [3.63, 3.8) is 0 Å². The molecule has 2 aromatic rings. The second-order valence-electron chi connectivity index (χ2n) is 4.91. The number of carbonyl (C=O) groups is 1. The molecule has 0 aliphatic heterocycles. The van der Waals surface area contributed by atoms with Crippen molar-refractivity contribution in [3.05, 3.63) is 36.2 Å². The van der Waals surface area contributed by atoms with Crippen molar-refractivity contribution in [3.8, 4) is 11.4 Å². The van der Waals surface area contributed by atoms with E-state index in [1.165, 1.54) is 0 Å². The zero-order valence-corrected chi connectivity index (χ0v) is 12.9. The van der Waals surface area contributed by atoms with Crippen LogP contribution in [0, 0.1) is 0 Å². The van der Waals surface area contributed by atoms with Crippen molar-refractivity contribution in [1.29, 1.82) is 0 Å². The highest BCUT2D eigenvalue weighted by atomic mass is 32.5. The summed E-state index contributed by atoms with van der Waals surface area (Å²) < 4.78 is 104. The van der Waals surface area contributed by atoms with Gasteiger partial charge in [-0.05, 0) is 18.2 Å². The number of rotatable bonds is 4. The second kappa shape index (κ2) is 5.18. The Morgan fingerprint density at radius 3 is 2.23 bits per heavy atom. The molecule has 1 aromatic heterocycles. The average Bonchev–Trinajstić information content (AvgIpc) is 2.90. The van der Waals surface area contributed by atoms with E-state index in [2.05, 4.69) is 10.1 Å². The summed E-state index contributed by atoms with van der Waals surface area (Å²) in [4.78, 5) is 11.0. The number of nitrogens with zero attached hydrogens (tertiary/aromatic N) is 3. The first-order valence-corrected chi connectivity index (χ1v) is 8.20. The molecule has 26 heavy (non-hydrogen) atoms. The molecule has 0 amide bonds. The standard InChI is InChI=1S/C12H7F8N3O2S/c13-12(14,15)8-3-7(4-9(5-8)26(16,17,18,19)20)11-21-6-23(22-11)2-1-10(24)25/h1-6H,(H,24,25)/b2-1-. The fraction of sp³-hybridized carbons (Fsp3) is 0.0833. The fourth-order valence-corrected chi connectivity index (χ4v) is 2.43. The van der Waals surface area contributed by atoms with Crippen LogP contribution in [0.4, 0.5) is 32.6 Å². The van der Waals surface area contributed by atoms with Crippen LogP contribution in [0.1, 0.15) is 5.56 Å². The van der Waals surface area contributed by atoms with E-state index in [0.717, 1.165) is 12.5 Å². The maximum atomic E-state index is 12.9. The number of carboxylic acid groups (broad SMARTS) is 1. The Bertz CT molecular complexity index is 902. The quantitative estimate of drug-likeness (QED) is 0.559. The summed E-state index contributed by atoms with van der Waals surface area (Å²) in [6.07, 6.45) is -3.21. The summed E-state index contributed by atoms with van der Waals surface area (Å²) in [5.74, 6) is -2.15. The molecule has 0 aliphatic carbocycles. The summed E-state index contributed by atoms with van der Waals surface area (Å²) in [6, 6.07) is -0.711. The summed E-state index contributed by atoms with van der Waals surface area (Å²) in [6.45, 7) is 0. The number of alkyl halides is 3.